The Balaban J connectivity index is 1.95. The summed E-state index contributed by atoms with van der Waals surface area (Å²) in [5.41, 5.74) is 3.96. The van der Waals surface area contributed by atoms with E-state index < -0.39 is 0 Å². The highest BCUT2D eigenvalue weighted by molar-refractivity contribution is 6.01. The van der Waals surface area contributed by atoms with Gasteiger partial charge in [0.25, 0.3) is 0 Å². The molecule has 2 rings (SSSR count). The van der Waals surface area contributed by atoms with Crippen molar-refractivity contribution in [1.29, 1.82) is 0 Å². The molecule has 0 aliphatic carbocycles. The topological polar surface area (TPSA) is 49.3 Å². The lowest BCUT2D eigenvalue weighted by Gasteiger charge is -2.04. The zero-order chi connectivity index (χ0) is 15.1. The number of rotatable bonds is 5. The molecular weight excluding hydrogens is 262 g/mol. The monoisotopic (exact) mass is 281 g/mol. The van der Waals surface area contributed by atoms with E-state index in [2.05, 4.69) is 5.32 Å². The van der Waals surface area contributed by atoms with E-state index in [1.54, 1.807) is 6.08 Å². The van der Waals surface area contributed by atoms with Crippen molar-refractivity contribution in [1.82, 2.24) is 0 Å². The SMILES string of the molecule is Cc1cccc(/C=C/C(=O)Nc2ccc(CCO)cc2)c1. The number of aryl methyl sites for hydroxylation is 1. The summed E-state index contributed by atoms with van der Waals surface area (Å²) in [6.45, 7) is 2.15. The van der Waals surface area contributed by atoms with Gasteiger partial charge >= 0.3 is 0 Å². The van der Waals surface area contributed by atoms with Crippen molar-refractivity contribution in [3.63, 3.8) is 0 Å². The lowest BCUT2D eigenvalue weighted by atomic mass is 10.1. The molecular formula is C18H19NO2. The number of hydrogen-bond donors (Lipinski definition) is 2. The molecule has 0 unspecified atom stereocenters. The van der Waals surface area contributed by atoms with Crippen LogP contribution in [-0.4, -0.2) is 17.6 Å². The fraction of sp³-hybridized carbons (Fsp3) is 0.167. The van der Waals surface area contributed by atoms with Gasteiger partial charge in [-0.05, 0) is 42.7 Å². The van der Waals surface area contributed by atoms with Crippen LogP contribution in [0.4, 0.5) is 5.69 Å². The maximum atomic E-state index is 11.8. The van der Waals surface area contributed by atoms with E-state index in [9.17, 15) is 4.79 Å². The molecule has 21 heavy (non-hydrogen) atoms. The second kappa shape index (κ2) is 7.41. The van der Waals surface area contributed by atoms with Crippen molar-refractivity contribution in [2.45, 2.75) is 13.3 Å². The average Bonchev–Trinajstić information content (AvgIpc) is 2.48. The van der Waals surface area contributed by atoms with Gasteiger partial charge in [0.15, 0.2) is 0 Å². The van der Waals surface area contributed by atoms with Crippen LogP contribution in [0, 0.1) is 6.92 Å². The van der Waals surface area contributed by atoms with Crippen molar-refractivity contribution in [3.8, 4) is 0 Å². The number of aliphatic hydroxyl groups excluding tert-OH is 1. The summed E-state index contributed by atoms with van der Waals surface area (Å²) < 4.78 is 0. The molecule has 2 aromatic carbocycles. The van der Waals surface area contributed by atoms with Crippen LogP contribution in [0.25, 0.3) is 6.08 Å². The fourth-order valence-corrected chi connectivity index (χ4v) is 2.01. The minimum atomic E-state index is -0.161. The molecule has 0 saturated carbocycles. The number of hydrogen-bond acceptors (Lipinski definition) is 2. The van der Waals surface area contributed by atoms with Gasteiger partial charge in [0.2, 0.25) is 5.91 Å². The third kappa shape index (κ3) is 4.89. The molecule has 2 N–H and O–H groups in total. The van der Waals surface area contributed by atoms with Crippen molar-refractivity contribution in [2.75, 3.05) is 11.9 Å². The normalized spacial score (nSPS) is 10.8. The van der Waals surface area contributed by atoms with Gasteiger partial charge in [-0.25, -0.2) is 0 Å². The zero-order valence-corrected chi connectivity index (χ0v) is 12.0. The van der Waals surface area contributed by atoms with Gasteiger partial charge < -0.3 is 10.4 Å². The Morgan fingerprint density at radius 2 is 1.95 bits per heavy atom. The predicted octanol–water partition coefficient (Wildman–Crippen LogP) is 3.18. The van der Waals surface area contributed by atoms with Crippen molar-refractivity contribution < 1.29 is 9.90 Å². The van der Waals surface area contributed by atoms with E-state index in [-0.39, 0.29) is 12.5 Å². The van der Waals surface area contributed by atoms with Gasteiger partial charge in [-0.3, -0.25) is 4.79 Å². The van der Waals surface area contributed by atoms with Crippen LogP contribution in [-0.2, 0) is 11.2 Å². The Bertz CT molecular complexity index is 630. The predicted molar refractivity (Wildman–Crippen MR) is 86.1 cm³/mol. The third-order valence-corrected chi connectivity index (χ3v) is 3.09. The number of anilines is 1. The van der Waals surface area contributed by atoms with E-state index in [0.29, 0.717) is 6.42 Å². The Morgan fingerprint density at radius 1 is 1.19 bits per heavy atom. The summed E-state index contributed by atoms with van der Waals surface area (Å²) in [5.74, 6) is -0.161. The fourth-order valence-electron chi connectivity index (χ4n) is 2.01. The molecule has 108 valence electrons. The summed E-state index contributed by atoms with van der Waals surface area (Å²) in [4.78, 5) is 11.8. The number of amides is 1. The van der Waals surface area contributed by atoms with E-state index in [0.717, 1.165) is 22.4 Å². The Kier molecular flexibility index (Phi) is 5.29. The summed E-state index contributed by atoms with van der Waals surface area (Å²) in [6.07, 6.45) is 3.94. The highest BCUT2D eigenvalue weighted by Gasteiger charge is 1.98. The first kappa shape index (κ1) is 15.0. The maximum Gasteiger partial charge on any atom is 0.248 e. The molecule has 0 atom stereocenters. The van der Waals surface area contributed by atoms with Crippen LogP contribution in [0.3, 0.4) is 0 Å². The minimum Gasteiger partial charge on any atom is -0.396 e. The smallest absolute Gasteiger partial charge is 0.248 e. The largest absolute Gasteiger partial charge is 0.396 e. The van der Waals surface area contributed by atoms with E-state index in [1.165, 1.54) is 6.08 Å². The van der Waals surface area contributed by atoms with Crippen LogP contribution < -0.4 is 5.32 Å². The standard InChI is InChI=1S/C18H19NO2/c1-14-3-2-4-16(13-14)7-10-18(21)19-17-8-5-15(6-9-17)11-12-20/h2-10,13,20H,11-12H2,1H3,(H,19,21)/b10-7+. The van der Waals surface area contributed by atoms with Crippen LogP contribution >= 0.6 is 0 Å². The lowest BCUT2D eigenvalue weighted by Crippen LogP contribution is -2.07. The highest BCUT2D eigenvalue weighted by Crippen LogP contribution is 2.11. The van der Waals surface area contributed by atoms with Gasteiger partial charge in [0.05, 0.1) is 0 Å². The molecule has 0 bridgehead atoms. The Morgan fingerprint density at radius 3 is 2.62 bits per heavy atom. The van der Waals surface area contributed by atoms with Gasteiger partial charge in [0.1, 0.15) is 0 Å². The van der Waals surface area contributed by atoms with E-state index in [1.807, 2.05) is 55.5 Å². The van der Waals surface area contributed by atoms with Crippen molar-refractivity contribution in [2.24, 2.45) is 0 Å². The van der Waals surface area contributed by atoms with Crippen LogP contribution in [0.2, 0.25) is 0 Å². The van der Waals surface area contributed by atoms with Gasteiger partial charge in [-0.1, -0.05) is 42.0 Å². The van der Waals surface area contributed by atoms with Crippen molar-refractivity contribution in [3.05, 3.63) is 71.3 Å². The molecule has 0 heterocycles. The van der Waals surface area contributed by atoms with Gasteiger partial charge in [0, 0.05) is 18.4 Å². The number of aliphatic hydroxyl groups is 1. The quantitative estimate of drug-likeness (QED) is 0.827. The second-order valence-electron chi connectivity index (χ2n) is 4.91. The molecule has 2 aromatic rings. The molecule has 0 spiro atoms. The molecule has 0 aromatic heterocycles. The number of benzene rings is 2. The molecule has 3 heteroatoms. The minimum absolute atomic E-state index is 0.130. The molecule has 3 nitrogen and oxygen atoms in total. The summed E-state index contributed by atoms with van der Waals surface area (Å²) in [6, 6.07) is 15.4. The molecule has 0 fully saturated rings. The van der Waals surface area contributed by atoms with Crippen LogP contribution in [0.1, 0.15) is 16.7 Å². The second-order valence-corrected chi connectivity index (χ2v) is 4.91. The number of carbonyl (C=O) groups is 1. The third-order valence-electron chi connectivity index (χ3n) is 3.09. The Labute approximate surface area is 124 Å². The first-order valence-electron chi connectivity index (χ1n) is 6.93. The van der Waals surface area contributed by atoms with Gasteiger partial charge in [-0.15, -0.1) is 0 Å². The zero-order valence-electron chi connectivity index (χ0n) is 12.0. The molecule has 0 aliphatic rings. The number of carbonyl (C=O) groups excluding carboxylic acids is 1. The van der Waals surface area contributed by atoms with E-state index >= 15 is 0 Å². The molecule has 0 saturated heterocycles. The maximum absolute atomic E-state index is 11.8. The van der Waals surface area contributed by atoms with E-state index in [4.69, 9.17) is 5.11 Å². The van der Waals surface area contributed by atoms with Crippen LogP contribution in [0.5, 0.6) is 0 Å². The van der Waals surface area contributed by atoms with Crippen LogP contribution in [0.15, 0.2) is 54.6 Å². The first-order chi connectivity index (χ1) is 10.2. The summed E-state index contributed by atoms with van der Waals surface area (Å²) >= 11 is 0. The highest BCUT2D eigenvalue weighted by atomic mass is 16.2. The summed E-state index contributed by atoms with van der Waals surface area (Å²) in [7, 11) is 0. The van der Waals surface area contributed by atoms with Crippen molar-refractivity contribution >= 4 is 17.7 Å². The number of nitrogens with one attached hydrogen (secondary N) is 1. The first-order valence-corrected chi connectivity index (χ1v) is 6.93. The molecule has 0 radical (unpaired) electrons. The molecule has 1 amide bonds. The van der Waals surface area contributed by atoms with Gasteiger partial charge in [-0.2, -0.15) is 0 Å². The Hall–Kier alpha value is -2.39. The molecule has 0 aliphatic heterocycles. The average molecular weight is 281 g/mol. The summed E-state index contributed by atoms with van der Waals surface area (Å²) in [5, 5.41) is 11.7. The lowest BCUT2D eigenvalue weighted by molar-refractivity contribution is -0.111.